The molecule has 0 fully saturated rings. The number of anilines is 2. The number of nitrogens with zero attached hydrogens (tertiary/aromatic N) is 2. The predicted octanol–water partition coefficient (Wildman–Crippen LogP) is 1.94. The normalized spacial score (nSPS) is 11.2. The van der Waals surface area contributed by atoms with Crippen molar-refractivity contribution >= 4 is 37.6 Å². The molecular weight excluding hydrogens is 360 g/mol. The summed E-state index contributed by atoms with van der Waals surface area (Å²) in [5.74, 6) is 0.221. The predicted molar refractivity (Wildman–Crippen MR) is 82.7 cm³/mol. The van der Waals surface area contributed by atoms with Crippen LogP contribution in [-0.4, -0.2) is 25.5 Å². The second-order valence-corrected chi connectivity index (χ2v) is 6.70. The molecule has 0 aliphatic heterocycles. The molecule has 0 aliphatic rings. The third-order valence-corrected chi connectivity index (χ3v) is 4.56. The van der Waals surface area contributed by atoms with Gasteiger partial charge in [0.15, 0.2) is 0 Å². The van der Waals surface area contributed by atoms with Crippen LogP contribution in [0.2, 0.25) is 0 Å². The summed E-state index contributed by atoms with van der Waals surface area (Å²) in [6, 6.07) is 5.90. The molecule has 0 spiro atoms. The monoisotopic (exact) mass is 372 g/mol. The molecule has 0 aliphatic carbocycles. The van der Waals surface area contributed by atoms with Crippen molar-refractivity contribution in [2.45, 2.75) is 11.8 Å². The lowest BCUT2D eigenvalue weighted by Crippen LogP contribution is -2.15. The first-order valence-corrected chi connectivity index (χ1v) is 8.07. The van der Waals surface area contributed by atoms with E-state index in [4.69, 9.17) is 10.5 Å². The fourth-order valence-corrected chi connectivity index (χ4v) is 3.04. The van der Waals surface area contributed by atoms with Crippen molar-refractivity contribution in [3.05, 3.63) is 34.4 Å². The van der Waals surface area contributed by atoms with E-state index in [0.29, 0.717) is 15.9 Å². The zero-order valence-electron chi connectivity index (χ0n) is 11.3. The van der Waals surface area contributed by atoms with Gasteiger partial charge in [-0.1, -0.05) is 0 Å². The van der Waals surface area contributed by atoms with Gasteiger partial charge >= 0.3 is 0 Å². The topological polar surface area (TPSA) is 107 Å². The molecule has 21 heavy (non-hydrogen) atoms. The summed E-state index contributed by atoms with van der Waals surface area (Å²) in [5, 5.41) is 0. The average molecular weight is 373 g/mol. The summed E-state index contributed by atoms with van der Waals surface area (Å²) in [4.78, 5) is 8.01. The first-order valence-electron chi connectivity index (χ1n) is 5.79. The molecule has 0 amide bonds. The van der Waals surface area contributed by atoms with Crippen LogP contribution in [0.5, 0.6) is 5.88 Å². The van der Waals surface area contributed by atoms with Crippen molar-refractivity contribution in [1.29, 1.82) is 0 Å². The molecule has 1 aromatic heterocycles. The van der Waals surface area contributed by atoms with E-state index in [-0.39, 0.29) is 16.7 Å². The summed E-state index contributed by atoms with van der Waals surface area (Å²) < 4.78 is 32.3. The number of nitrogen functional groups attached to an aromatic ring is 1. The van der Waals surface area contributed by atoms with Gasteiger partial charge in [0.2, 0.25) is 11.8 Å². The lowest BCUT2D eigenvalue weighted by atomic mass is 10.3. The summed E-state index contributed by atoms with van der Waals surface area (Å²) in [6.45, 7) is 1.71. The number of hydrogen-bond donors (Lipinski definition) is 2. The highest BCUT2D eigenvalue weighted by molar-refractivity contribution is 9.10. The first-order chi connectivity index (χ1) is 9.81. The maximum atomic E-state index is 12.3. The fourth-order valence-electron chi connectivity index (χ4n) is 1.54. The highest BCUT2D eigenvalue weighted by Crippen LogP contribution is 2.24. The lowest BCUT2D eigenvalue weighted by Gasteiger charge is -2.09. The highest BCUT2D eigenvalue weighted by atomic mass is 79.9. The Morgan fingerprint density at radius 1 is 1.29 bits per heavy atom. The maximum absolute atomic E-state index is 12.3. The van der Waals surface area contributed by atoms with E-state index in [2.05, 4.69) is 30.6 Å². The van der Waals surface area contributed by atoms with Gasteiger partial charge in [-0.05, 0) is 41.1 Å². The molecule has 1 aromatic carbocycles. The van der Waals surface area contributed by atoms with Gasteiger partial charge in [-0.25, -0.2) is 18.1 Å². The van der Waals surface area contributed by atoms with Crippen LogP contribution in [0.1, 0.15) is 5.69 Å². The van der Waals surface area contributed by atoms with Gasteiger partial charge in [0.25, 0.3) is 10.0 Å². The standard InChI is InChI=1S/C12H13BrN4O3S/c1-7-5-11(20-2)16-12(15-7)17-21(18,19)8-3-4-10(14)9(13)6-8/h3-6H,14H2,1-2H3,(H,15,16,17). The number of aromatic nitrogens is 2. The SMILES string of the molecule is COc1cc(C)nc(NS(=O)(=O)c2ccc(N)c(Br)c2)n1. The van der Waals surface area contributed by atoms with Crippen LogP contribution in [-0.2, 0) is 10.0 Å². The number of benzene rings is 1. The van der Waals surface area contributed by atoms with E-state index in [0.717, 1.165) is 0 Å². The number of halogens is 1. The number of sulfonamides is 1. The van der Waals surface area contributed by atoms with Crippen molar-refractivity contribution in [2.24, 2.45) is 0 Å². The third kappa shape index (κ3) is 3.61. The Hall–Kier alpha value is -1.87. The molecule has 112 valence electrons. The minimum Gasteiger partial charge on any atom is -0.481 e. The van der Waals surface area contributed by atoms with Crippen molar-refractivity contribution in [3.63, 3.8) is 0 Å². The largest absolute Gasteiger partial charge is 0.481 e. The Kier molecular flexibility index (Phi) is 4.33. The Bertz CT molecular complexity index is 780. The van der Waals surface area contributed by atoms with Crippen LogP contribution < -0.4 is 15.2 Å². The Morgan fingerprint density at radius 3 is 2.62 bits per heavy atom. The highest BCUT2D eigenvalue weighted by Gasteiger charge is 2.17. The number of nitrogens with one attached hydrogen (secondary N) is 1. The molecule has 0 saturated carbocycles. The molecule has 0 atom stereocenters. The van der Waals surface area contributed by atoms with E-state index in [1.165, 1.54) is 25.3 Å². The van der Waals surface area contributed by atoms with E-state index < -0.39 is 10.0 Å². The zero-order valence-corrected chi connectivity index (χ0v) is 13.7. The van der Waals surface area contributed by atoms with Gasteiger partial charge in [-0.2, -0.15) is 4.98 Å². The quantitative estimate of drug-likeness (QED) is 0.794. The number of nitrogens with two attached hydrogens (primary N) is 1. The number of methoxy groups -OCH3 is 1. The fraction of sp³-hybridized carbons (Fsp3) is 0.167. The van der Waals surface area contributed by atoms with Crippen LogP contribution in [0.15, 0.2) is 33.6 Å². The molecule has 2 aromatic rings. The second kappa shape index (κ2) is 5.86. The van der Waals surface area contributed by atoms with Gasteiger partial charge < -0.3 is 10.5 Å². The van der Waals surface area contributed by atoms with Gasteiger partial charge in [0, 0.05) is 21.9 Å². The van der Waals surface area contributed by atoms with Crippen molar-refractivity contribution in [2.75, 3.05) is 17.6 Å². The number of rotatable bonds is 4. The lowest BCUT2D eigenvalue weighted by molar-refractivity contribution is 0.397. The number of hydrogen-bond acceptors (Lipinski definition) is 6. The maximum Gasteiger partial charge on any atom is 0.264 e. The molecule has 0 bridgehead atoms. The van der Waals surface area contributed by atoms with E-state index >= 15 is 0 Å². The van der Waals surface area contributed by atoms with Crippen molar-refractivity contribution < 1.29 is 13.2 Å². The van der Waals surface area contributed by atoms with Crippen LogP contribution in [0.25, 0.3) is 0 Å². The van der Waals surface area contributed by atoms with Crippen LogP contribution in [0.4, 0.5) is 11.6 Å². The summed E-state index contributed by atoms with van der Waals surface area (Å²) in [6.07, 6.45) is 0. The molecule has 0 saturated heterocycles. The Morgan fingerprint density at radius 2 is 2.00 bits per heavy atom. The zero-order chi connectivity index (χ0) is 15.6. The molecule has 0 unspecified atom stereocenters. The third-order valence-electron chi connectivity index (χ3n) is 2.55. The van der Waals surface area contributed by atoms with Crippen LogP contribution >= 0.6 is 15.9 Å². The van der Waals surface area contributed by atoms with Crippen LogP contribution in [0.3, 0.4) is 0 Å². The first kappa shape index (κ1) is 15.5. The molecule has 3 N–H and O–H groups in total. The van der Waals surface area contributed by atoms with Crippen LogP contribution in [0, 0.1) is 6.92 Å². The summed E-state index contributed by atoms with van der Waals surface area (Å²) >= 11 is 3.19. The van der Waals surface area contributed by atoms with Crippen molar-refractivity contribution in [1.82, 2.24) is 9.97 Å². The van der Waals surface area contributed by atoms with E-state index in [9.17, 15) is 8.42 Å². The molecule has 7 nitrogen and oxygen atoms in total. The second-order valence-electron chi connectivity index (χ2n) is 4.16. The summed E-state index contributed by atoms with van der Waals surface area (Å²) in [5.41, 5.74) is 6.67. The van der Waals surface area contributed by atoms with Gasteiger partial charge in [0.05, 0.1) is 12.0 Å². The van der Waals surface area contributed by atoms with E-state index in [1.807, 2.05) is 0 Å². The molecule has 9 heteroatoms. The minimum atomic E-state index is -3.81. The smallest absolute Gasteiger partial charge is 0.264 e. The molecule has 0 radical (unpaired) electrons. The minimum absolute atomic E-state index is 0.0487. The Balaban J connectivity index is 2.37. The van der Waals surface area contributed by atoms with E-state index in [1.54, 1.807) is 13.0 Å². The van der Waals surface area contributed by atoms with Gasteiger partial charge in [-0.3, -0.25) is 0 Å². The van der Waals surface area contributed by atoms with Gasteiger partial charge in [0.1, 0.15) is 0 Å². The molecule has 1 heterocycles. The number of ether oxygens (including phenoxy) is 1. The number of aryl methyl sites for hydroxylation is 1. The Labute approximate surface area is 130 Å². The molecular formula is C12H13BrN4O3S. The summed E-state index contributed by atoms with van der Waals surface area (Å²) in [7, 11) is -2.37. The average Bonchev–Trinajstić information content (AvgIpc) is 2.40. The van der Waals surface area contributed by atoms with Gasteiger partial charge in [-0.15, -0.1) is 0 Å². The van der Waals surface area contributed by atoms with Crippen molar-refractivity contribution in [3.8, 4) is 5.88 Å². The molecule has 2 rings (SSSR count).